The van der Waals surface area contributed by atoms with Crippen LogP contribution in [0.5, 0.6) is 0 Å². The van der Waals surface area contributed by atoms with E-state index in [1.807, 2.05) is 17.8 Å². The molecule has 1 aromatic heterocycles. The molecule has 2 heterocycles. The Hall–Kier alpha value is -0.480. The van der Waals surface area contributed by atoms with Gasteiger partial charge in [0.05, 0.1) is 0 Å². The fraction of sp³-hybridized carbons (Fsp3) is 0.556. The zero-order valence-electron chi connectivity index (χ0n) is 7.98. The molecule has 1 aliphatic rings. The van der Waals surface area contributed by atoms with Crippen LogP contribution in [-0.4, -0.2) is 34.1 Å². The van der Waals surface area contributed by atoms with Crippen LogP contribution >= 0.6 is 23.4 Å². The molecule has 0 aromatic carbocycles. The van der Waals surface area contributed by atoms with Crippen LogP contribution in [0.1, 0.15) is 6.92 Å². The molecule has 0 aliphatic carbocycles. The molecule has 1 aliphatic heterocycles. The van der Waals surface area contributed by atoms with Crippen LogP contribution in [0.3, 0.4) is 0 Å². The molecule has 5 heteroatoms. The van der Waals surface area contributed by atoms with Gasteiger partial charge in [-0.2, -0.15) is 11.8 Å². The average molecular weight is 230 g/mol. The van der Waals surface area contributed by atoms with Crippen molar-refractivity contribution in [2.45, 2.75) is 13.0 Å². The van der Waals surface area contributed by atoms with E-state index in [0.717, 1.165) is 23.9 Å². The molecular weight excluding hydrogens is 218 g/mol. The molecule has 1 atom stereocenters. The minimum atomic E-state index is 0.514. The van der Waals surface area contributed by atoms with E-state index in [4.69, 9.17) is 11.6 Å². The van der Waals surface area contributed by atoms with E-state index in [9.17, 15) is 0 Å². The smallest absolute Gasteiger partial charge is 0.134 e. The Morgan fingerprint density at radius 2 is 2.43 bits per heavy atom. The van der Waals surface area contributed by atoms with Crippen molar-refractivity contribution >= 4 is 29.2 Å². The topological polar surface area (TPSA) is 29.0 Å². The minimum Gasteiger partial charge on any atom is -0.352 e. The average Bonchev–Trinajstić information content (AvgIpc) is 2.18. The highest BCUT2D eigenvalue weighted by Crippen LogP contribution is 2.22. The number of halogens is 1. The molecule has 2 rings (SSSR count). The predicted octanol–water partition coefficient (Wildman–Crippen LogP) is 2.07. The maximum absolute atomic E-state index is 5.83. The first-order valence-corrected chi connectivity index (χ1v) is 6.12. The summed E-state index contributed by atoms with van der Waals surface area (Å²) in [6.07, 6.45) is 1.52. The lowest BCUT2D eigenvalue weighted by Gasteiger charge is -2.33. The van der Waals surface area contributed by atoms with Crippen molar-refractivity contribution in [2.75, 3.05) is 23.0 Å². The van der Waals surface area contributed by atoms with Crippen molar-refractivity contribution in [3.8, 4) is 0 Å². The zero-order chi connectivity index (χ0) is 9.97. The first-order valence-electron chi connectivity index (χ1n) is 4.59. The molecule has 0 spiro atoms. The molecule has 14 heavy (non-hydrogen) atoms. The number of rotatable bonds is 1. The summed E-state index contributed by atoms with van der Waals surface area (Å²) in [6, 6.07) is 2.35. The van der Waals surface area contributed by atoms with Gasteiger partial charge < -0.3 is 4.90 Å². The molecule has 1 unspecified atom stereocenters. The van der Waals surface area contributed by atoms with Gasteiger partial charge in [0.15, 0.2) is 0 Å². The van der Waals surface area contributed by atoms with Gasteiger partial charge in [-0.25, -0.2) is 9.97 Å². The first kappa shape index (κ1) is 10.1. The maximum atomic E-state index is 5.83. The van der Waals surface area contributed by atoms with E-state index >= 15 is 0 Å². The summed E-state index contributed by atoms with van der Waals surface area (Å²) in [6.45, 7) is 3.25. The van der Waals surface area contributed by atoms with Gasteiger partial charge in [-0.3, -0.25) is 0 Å². The normalized spacial score (nSPS) is 22.4. The van der Waals surface area contributed by atoms with Crippen LogP contribution in [0.25, 0.3) is 0 Å². The Balaban J connectivity index is 2.20. The van der Waals surface area contributed by atoms with Crippen molar-refractivity contribution in [2.24, 2.45) is 0 Å². The van der Waals surface area contributed by atoms with Gasteiger partial charge in [-0.05, 0) is 6.92 Å². The summed E-state index contributed by atoms with van der Waals surface area (Å²) >= 11 is 7.82. The standard InChI is InChI=1S/C9H12ClN3S/c1-7-5-14-3-2-13(7)9-4-8(10)11-6-12-9/h4,6-7H,2-3,5H2,1H3. The first-order chi connectivity index (χ1) is 6.77. The lowest BCUT2D eigenvalue weighted by atomic mass is 10.3. The number of thioether (sulfide) groups is 1. The Morgan fingerprint density at radius 3 is 3.14 bits per heavy atom. The Labute approximate surface area is 92.9 Å². The third-order valence-corrected chi connectivity index (χ3v) is 3.68. The van der Waals surface area contributed by atoms with Crippen LogP contribution in [0.2, 0.25) is 5.15 Å². The number of hydrogen-bond acceptors (Lipinski definition) is 4. The van der Waals surface area contributed by atoms with Gasteiger partial charge in [0.2, 0.25) is 0 Å². The summed E-state index contributed by atoms with van der Waals surface area (Å²) < 4.78 is 0. The molecular formula is C9H12ClN3S. The summed E-state index contributed by atoms with van der Waals surface area (Å²) in [5.74, 6) is 3.26. The number of aromatic nitrogens is 2. The van der Waals surface area contributed by atoms with Crippen molar-refractivity contribution in [1.29, 1.82) is 0 Å². The van der Waals surface area contributed by atoms with Crippen LogP contribution in [0, 0.1) is 0 Å². The van der Waals surface area contributed by atoms with Gasteiger partial charge in [0.25, 0.3) is 0 Å². The van der Waals surface area contributed by atoms with Gasteiger partial charge in [-0.15, -0.1) is 0 Å². The van der Waals surface area contributed by atoms with E-state index in [1.165, 1.54) is 6.33 Å². The minimum absolute atomic E-state index is 0.514. The van der Waals surface area contributed by atoms with Crippen LogP contribution < -0.4 is 4.90 Å². The molecule has 0 bridgehead atoms. The molecule has 76 valence electrons. The van der Waals surface area contributed by atoms with Crippen molar-refractivity contribution in [1.82, 2.24) is 9.97 Å². The highest BCUT2D eigenvalue weighted by Gasteiger charge is 2.19. The second-order valence-corrected chi connectivity index (χ2v) is 4.85. The molecule has 0 saturated carbocycles. The van der Waals surface area contributed by atoms with Gasteiger partial charge >= 0.3 is 0 Å². The third kappa shape index (κ3) is 2.12. The Bertz CT molecular complexity index is 321. The predicted molar refractivity (Wildman–Crippen MR) is 61.2 cm³/mol. The largest absolute Gasteiger partial charge is 0.352 e. The fourth-order valence-electron chi connectivity index (χ4n) is 1.55. The quantitative estimate of drug-likeness (QED) is 0.690. The Morgan fingerprint density at radius 1 is 1.57 bits per heavy atom. The van der Waals surface area contributed by atoms with E-state index in [1.54, 1.807) is 0 Å². The lowest BCUT2D eigenvalue weighted by Crippen LogP contribution is -2.40. The van der Waals surface area contributed by atoms with E-state index in [-0.39, 0.29) is 0 Å². The molecule has 1 fully saturated rings. The van der Waals surface area contributed by atoms with Crippen molar-refractivity contribution in [3.05, 3.63) is 17.5 Å². The fourth-order valence-corrected chi connectivity index (χ4v) is 2.70. The van der Waals surface area contributed by atoms with E-state index in [0.29, 0.717) is 11.2 Å². The number of hydrogen-bond donors (Lipinski definition) is 0. The summed E-state index contributed by atoms with van der Waals surface area (Å²) in [4.78, 5) is 10.4. The lowest BCUT2D eigenvalue weighted by molar-refractivity contribution is 0.688. The van der Waals surface area contributed by atoms with Gasteiger partial charge in [0.1, 0.15) is 17.3 Å². The SMILES string of the molecule is CC1CSCCN1c1cc(Cl)ncn1. The highest BCUT2D eigenvalue weighted by atomic mass is 35.5. The number of nitrogens with zero attached hydrogens (tertiary/aromatic N) is 3. The molecule has 1 saturated heterocycles. The van der Waals surface area contributed by atoms with Crippen LogP contribution in [0.4, 0.5) is 5.82 Å². The Kier molecular flexibility index (Phi) is 3.13. The third-order valence-electron chi connectivity index (χ3n) is 2.28. The monoisotopic (exact) mass is 229 g/mol. The zero-order valence-corrected chi connectivity index (χ0v) is 9.55. The summed E-state index contributed by atoms with van der Waals surface area (Å²) in [5, 5.41) is 0.514. The second-order valence-electron chi connectivity index (χ2n) is 3.32. The second kappa shape index (κ2) is 4.36. The van der Waals surface area contributed by atoms with E-state index in [2.05, 4.69) is 21.8 Å². The molecule has 0 radical (unpaired) electrons. The van der Waals surface area contributed by atoms with E-state index < -0.39 is 0 Å². The molecule has 0 amide bonds. The van der Waals surface area contributed by atoms with Gasteiger partial charge in [0, 0.05) is 30.2 Å². The van der Waals surface area contributed by atoms with Crippen molar-refractivity contribution in [3.63, 3.8) is 0 Å². The summed E-state index contributed by atoms with van der Waals surface area (Å²) in [7, 11) is 0. The van der Waals surface area contributed by atoms with Crippen LogP contribution in [-0.2, 0) is 0 Å². The molecule has 0 N–H and O–H groups in total. The molecule has 1 aromatic rings. The number of anilines is 1. The summed E-state index contributed by atoms with van der Waals surface area (Å²) in [5.41, 5.74) is 0. The van der Waals surface area contributed by atoms with Crippen LogP contribution in [0.15, 0.2) is 12.4 Å². The maximum Gasteiger partial charge on any atom is 0.134 e. The van der Waals surface area contributed by atoms with Gasteiger partial charge in [-0.1, -0.05) is 11.6 Å². The molecule has 3 nitrogen and oxygen atoms in total. The highest BCUT2D eigenvalue weighted by molar-refractivity contribution is 7.99. The van der Waals surface area contributed by atoms with Crippen molar-refractivity contribution < 1.29 is 0 Å².